The van der Waals surface area contributed by atoms with Gasteiger partial charge in [-0.2, -0.15) is 13.2 Å². The van der Waals surface area contributed by atoms with Crippen molar-refractivity contribution in [1.29, 1.82) is 0 Å². The summed E-state index contributed by atoms with van der Waals surface area (Å²) in [6.45, 7) is 5.88. The predicted octanol–water partition coefficient (Wildman–Crippen LogP) is 5.95. The van der Waals surface area contributed by atoms with Gasteiger partial charge < -0.3 is 10.6 Å². The van der Waals surface area contributed by atoms with Crippen LogP contribution in [0.2, 0.25) is 0 Å². The molecule has 2 N–H and O–H groups in total. The third kappa shape index (κ3) is 4.86. The van der Waals surface area contributed by atoms with Gasteiger partial charge in [-0.15, -0.1) is 0 Å². The van der Waals surface area contributed by atoms with Gasteiger partial charge in [0.15, 0.2) is 0 Å². The molecule has 0 aromatic heterocycles. The molecule has 0 aliphatic heterocycles. The van der Waals surface area contributed by atoms with Gasteiger partial charge in [0.25, 0.3) is 0 Å². The van der Waals surface area contributed by atoms with Crippen molar-refractivity contribution in [1.82, 2.24) is 0 Å². The van der Waals surface area contributed by atoms with Crippen LogP contribution in [0.15, 0.2) is 48.5 Å². The maximum atomic E-state index is 13.7. The minimum Gasteiger partial charge on any atom is -0.378 e. The standard InChI is InChI=1S/C22H25F3N2O/c1-21(2,3)13-19(28)26-16-9-10-17-14(11-16)12-18(22(23,24)25)20(17)27-15-7-5-4-6-8-15/h4-11,18,20,27H,12-13H2,1-3H3,(H,26,28). The average Bonchev–Trinajstić information content (AvgIpc) is 2.92. The van der Waals surface area contributed by atoms with Crippen molar-refractivity contribution in [2.24, 2.45) is 11.3 Å². The number of para-hydroxylation sites is 1. The number of carbonyl (C=O) groups is 1. The molecule has 0 bridgehead atoms. The number of anilines is 2. The van der Waals surface area contributed by atoms with Crippen molar-refractivity contribution in [3.8, 4) is 0 Å². The summed E-state index contributed by atoms with van der Waals surface area (Å²) in [5.74, 6) is -1.65. The smallest absolute Gasteiger partial charge is 0.378 e. The Kier molecular flexibility index (Phi) is 5.41. The molecular formula is C22H25F3N2O. The van der Waals surface area contributed by atoms with E-state index in [9.17, 15) is 18.0 Å². The maximum Gasteiger partial charge on any atom is 0.394 e. The number of nitrogens with one attached hydrogen (secondary N) is 2. The first kappa shape index (κ1) is 20.2. The van der Waals surface area contributed by atoms with E-state index in [0.29, 0.717) is 28.9 Å². The molecule has 3 nitrogen and oxygen atoms in total. The van der Waals surface area contributed by atoms with Crippen LogP contribution in [0.4, 0.5) is 24.5 Å². The summed E-state index contributed by atoms with van der Waals surface area (Å²) in [5.41, 5.74) is 2.27. The number of hydrogen-bond acceptors (Lipinski definition) is 2. The van der Waals surface area contributed by atoms with Crippen LogP contribution in [0.3, 0.4) is 0 Å². The van der Waals surface area contributed by atoms with Crippen LogP contribution in [0.5, 0.6) is 0 Å². The molecule has 6 heteroatoms. The van der Waals surface area contributed by atoms with Gasteiger partial charge in [-0.1, -0.05) is 45.0 Å². The first-order valence-corrected chi connectivity index (χ1v) is 9.34. The van der Waals surface area contributed by atoms with Crippen molar-refractivity contribution >= 4 is 17.3 Å². The minimum absolute atomic E-state index is 0.105. The summed E-state index contributed by atoms with van der Waals surface area (Å²) in [5, 5.41) is 5.84. The van der Waals surface area contributed by atoms with Crippen LogP contribution >= 0.6 is 0 Å². The lowest BCUT2D eigenvalue weighted by molar-refractivity contribution is -0.176. The molecule has 0 heterocycles. The highest BCUT2D eigenvalue weighted by atomic mass is 19.4. The van der Waals surface area contributed by atoms with E-state index >= 15 is 0 Å². The lowest BCUT2D eigenvalue weighted by Gasteiger charge is -2.25. The molecule has 2 aromatic carbocycles. The highest BCUT2D eigenvalue weighted by Crippen LogP contribution is 2.47. The molecule has 150 valence electrons. The summed E-state index contributed by atoms with van der Waals surface area (Å²) >= 11 is 0. The largest absolute Gasteiger partial charge is 0.394 e. The first-order valence-electron chi connectivity index (χ1n) is 9.34. The number of fused-ring (bicyclic) bond motifs is 1. The third-order valence-electron chi connectivity index (χ3n) is 4.81. The first-order chi connectivity index (χ1) is 13.0. The Balaban J connectivity index is 1.84. The van der Waals surface area contributed by atoms with Gasteiger partial charge in [-0.05, 0) is 47.2 Å². The fraction of sp³-hybridized carbons (Fsp3) is 0.409. The highest BCUT2D eigenvalue weighted by Gasteiger charge is 2.49. The summed E-state index contributed by atoms with van der Waals surface area (Å²) in [6.07, 6.45) is -4.08. The molecule has 1 amide bonds. The van der Waals surface area contributed by atoms with Crippen molar-refractivity contribution in [2.75, 3.05) is 10.6 Å². The second kappa shape index (κ2) is 7.49. The van der Waals surface area contributed by atoms with Crippen LogP contribution in [-0.4, -0.2) is 12.1 Å². The van der Waals surface area contributed by atoms with Gasteiger partial charge in [0.2, 0.25) is 5.91 Å². The van der Waals surface area contributed by atoms with Crippen molar-refractivity contribution in [3.05, 3.63) is 59.7 Å². The number of carbonyl (C=O) groups excluding carboxylic acids is 1. The zero-order chi connectivity index (χ0) is 20.5. The highest BCUT2D eigenvalue weighted by molar-refractivity contribution is 5.91. The lowest BCUT2D eigenvalue weighted by Crippen LogP contribution is -2.30. The molecule has 0 saturated carbocycles. The molecule has 2 aromatic rings. The second-order valence-electron chi connectivity index (χ2n) is 8.54. The molecular weight excluding hydrogens is 365 g/mol. The summed E-state index contributed by atoms with van der Waals surface area (Å²) < 4.78 is 41.0. The van der Waals surface area contributed by atoms with Crippen molar-refractivity contribution < 1.29 is 18.0 Å². The van der Waals surface area contributed by atoms with E-state index in [1.807, 2.05) is 26.8 Å². The van der Waals surface area contributed by atoms with E-state index in [1.54, 1.807) is 42.5 Å². The molecule has 0 fully saturated rings. The SMILES string of the molecule is CC(C)(C)CC(=O)Nc1ccc2c(c1)CC(C(F)(F)F)C2Nc1ccccc1. The van der Waals surface area contributed by atoms with Crippen LogP contribution in [0.1, 0.15) is 44.4 Å². The van der Waals surface area contributed by atoms with Gasteiger partial charge in [0.05, 0.1) is 12.0 Å². The molecule has 1 aliphatic rings. The summed E-state index contributed by atoms with van der Waals surface area (Å²) in [4.78, 5) is 12.2. The number of hydrogen-bond donors (Lipinski definition) is 2. The molecule has 1 aliphatic carbocycles. The molecule has 3 rings (SSSR count). The Bertz CT molecular complexity index is 841. The fourth-order valence-corrected chi connectivity index (χ4v) is 3.62. The summed E-state index contributed by atoms with van der Waals surface area (Å²) in [7, 11) is 0. The Morgan fingerprint density at radius 2 is 1.71 bits per heavy atom. The Morgan fingerprint density at radius 3 is 2.32 bits per heavy atom. The number of alkyl halides is 3. The normalized spacial score (nSPS) is 19.2. The van der Waals surface area contributed by atoms with E-state index in [4.69, 9.17) is 0 Å². The van der Waals surface area contributed by atoms with Crippen LogP contribution < -0.4 is 10.6 Å². The van der Waals surface area contributed by atoms with E-state index in [0.717, 1.165) is 0 Å². The van der Waals surface area contributed by atoms with E-state index < -0.39 is 18.1 Å². The molecule has 2 unspecified atom stereocenters. The second-order valence-corrected chi connectivity index (χ2v) is 8.54. The van der Waals surface area contributed by atoms with Gasteiger partial charge in [0, 0.05) is 17.8 Å². The zero-order valence-corrected chi connectivity index (χ0v) is 16.2. The molecule has 0 saturated heterocycles. The number of benzene rings is 2. The van der Waals surface area contributed by atoms with Gasteiger partial charge in [-0.25, -0.2) is 0 Å². The zero-order valence-electron chi connectivity index (χ0n) is 16.2. The molecule has 28 heavy (non-hydrogen) atoms. The number of amides is 1. The Hall–Kier alpha value is -2.50. The molecule has 0 spiro atoms. The lowest BCUT2D eigenvalue weighted by atomic mass is 9.92. The maximum absolute atomic E-state index is 13.7. The van der Waals surface area contributed by atoms with Gasteiger partial charge in [-0.3, -0.25) is 4.79 Å². The molecule has 2 atom stereocenters. The van der Waals surface area contributed by atoms with Crippen LogP contribution in [0.25, 0.3) is 0 Å². The Morgan fingerprint density at radius 1 is 1.04 bits per heavy atom. The fourth-order valence-electron chi connectivity index (χ4n) is 3.62. The van der Waals surface area contributed by atoms with Gasteiger partial charge >= 0.3 is 6.18 Å². The quantitative estimate of drug-likeness (QED) is 0.677. The monoisotopic (exact) mass is 390 g/mol. The van der Waals surface area contributed by atoms with Crippen molar-refractivity contribution in [2.45, 2.75) is 45.8 Å². The number of halogens is 3. The number of rotatable bonds is 4. The van der Waals surface area contributed by atoms with E-state index in [-0.39, 0.29) is 17.7 Å². The van der Waals surface area contributed by atoms with E-state index in [2.05, 4.69) is 10.6 Å². The summed E-state index contributed by atoms with van der Waals surface area (Å²) in [6, 6.07) is 13.1. The van der Waals surface area contributed by atoms with Crippen LogP contribution in [-0.2, 0) is 11.2 Å². The third-order valence-corrected chi connectivity index (χ3v) is 4.81. The van der Waals surface area contributed by atoms with Crippen molar-refractivity contribution in [3.63, 3.8) is 0 Å². The van der Waals surface area contributed by atoms with Crippen LogP contribution in [0, 0.1) is 11.3 Å². The topological polar surface area (TPSA) is 41.1 Å². The predicted molar refractivity (Wildman–Crippen MR) is 105 cm³/mol. The van der Waals surface area contributed by atoms with E-state index in [1.165, 1.54) is 0 Å². The average molecular weight is 390 g/mol. The Labute approximate surface area is 163 Å². The molecule has 0 radical (unpaired) electrons. The minimum atomic E-state index is -4.32. The van der Waals surface area contributed by atoms with Gasteiger partial charge in [0.1, 0.15) is 0 Å².